The number of pyridine rings is 1. The summed E-state index contributed by atoms with van der Waals surface area (Å²) in [7, 11) is 0. The third-order valence-electron chi connectivity index (χ3n) is 5.41. The Morgan fingerprint density at radius 2 is 2.07 bits per heavy atom. The smallest absolute Gasteiger partial charge is 0.238 e. The molecule has 0 spiro atoms. The number of fused-ring (bicyclic) bond motifs is 2. The van der Waals surface area contributed by atoms with E-state index in [9.17, 15) is 10.1 Å². The molecular weight excluding hydrogens is 398 g/mol. The molecule has 0 saturated heterocycles. The van der Waals surface area contributed by atoms with Crippen molar-refractivity contribution in [3.05, 3.63) is 51.4 Å². The molecule has 0 fully saturated rings. The predicted octanol–water partition coefficient (Wildman–Crippen LogP) is 5.78. The maximum atomic E-state index is 12.9. The number of aromatic nitrogens is 1. The van der Waals surface area contributed by atoms with Gasteiger partial charge in [0.05, 0.1) is 21.4 Å². The summed E-state index contributed by atoms with van der Waals surface area (Å²) in [4.78, 5) is 18.9. The van der Waals surface area contributed by atoms with Gasteiger partial charge >= 0.3 is 0 Å². The van der Waals surface area contributed by atoms with Crippen molar-refractivity contribution in [1.29, 1.82) is 5.26 Å². The van der Waals surface area contributed by atoms with Crippen molar-refractivity contribution in [2.24, 2.45) is 0 Å². The lowest BCUT2D eigenvalue weighted by molar-refractivity contribution is -0.115. The van der Waals surface area contributed by atoms with Crippen LogP contribution in [0.1, 0.15) is 46.9 Å². The van der Waals surface area contributed by atoms with Gasteiger partial charge in [-0.15, -0.1) is 11.3 Å². The van der Waals surface area contributed by atoms with Crippen LogP contribution in [-0.2, 0) is 17.6 Å². The molecule has 0 bridgehead atoms. The van der Waals surface area contributed by atoms with Crippen LogP contribution >= 0.6 is 23.1 Å². The number of nitrogens with one attached hydrogen (secondary N) is 1. The highest BCUT2D eigenvalue weighted by atomic mass is 32.2. The van der Waals surface area contributed by atoms with Crippen LogP contribution in [0.4, 0.5) is 5.00 Å². The van der Waals surface area contributed by atoms with Crippen LogP contribution in [0.3, 0.4) is 0 Å². The van der Waals surface area contributed by atoms with E-state index in [4.69, 9.17) is 4.98 Å². The number of rotatable bonds is 4. The maximum Gasteiger partial charge on any atom is 0.238 e. The van der Waals surface area contributed by atoms with Gasteiger partial charge in [0.15, 0.2) is 0 Å². The number of aryl methyl sites for hydroxylation is 3. The van der Waals surface area contributed by atoms with Gasteiger partial charge in [-0.3, -0.25) is 4.79 Å². The Morgan fingerprint density at radius 3 is 2.86 bits per heavy atom. The van der Waals surface area contributed by atoms with Gasteiger partial charge < -0.3 is 5.32 Å². The van der Waals surface area contributed by atoms with Gasteiger partial charge in [-0.1, -0.05) is 30.0 Å². The average Bonchev–Trinajstić information content (AvgIpc) is 3.05. The number of hydrogen-bond acceptors (Lipinski definition) is 5. The maximum absolute atomic E-state index is 12.9. The normalized spacial score (nSPS) is 14.3. The zero-order chi connectivity index (χ0) is 20.5. The second-order valence-electron chi connectivity index (χ2n) is 7.52. The minimum Gasteiger partial charge on any atom is -0.316 e. The van der Waals surface area contributed by atoms with Gasteiger partial charge in [-0.2, -0.15) is 5.26 Å². The molecule has 1 aliphatic rings. The molecular formula is C23H23N3OS2. The Hall–Kier alpha value is -2.36. The van der Waals surface area contributed by atoms with E-state index in [1.165, 1.54) is 16.6 Å². The largest absolute Gasteiger partial charge is 0.316 e. The number of amides is 1. The first-order valence-electron chi connectivity index (χ1n) is 9.87. The number of benzene rings is 1. The van der Waals surface area contributed by atoms with Gasteiger partial charge in [-0.05, 0) is 69.2 Å². The molecule has 6 heteroatoms. The van der Waals surface area contributed by atoms with Crippen LogP contribution in [-0.4, -0.2) is 16.1 Å². The fraction of sp³-hybridized carbons (Fsp3) is 0.348. The molecule has 2 heterocycles. The number of thiophene rings is 1. The molecule has 1 aliphatic carbocycles. The number of carbonyl (C=O) groups excluding carboxylic acids is 1. The van der Waals surface area contributed by atoms with Crippen molar-refractivity contribution in [2.75, 3.05) is 5.32 Å². The van der Waals surface area contributed by atoms with E-state index in [1.807, 2.05) is 19.1 Å². The van der Waals surface area contributed by atoms with E-state index < -0.39 is 0 Å². The Bertz CT molecular complexity index is 1140. The topological polar surface area (TPSA) is 65.8 Å². The number of anilines is 1. The summed E-state index contributed by atoms with van der Waals surface area (Å²) in [6, 6.07) is 10.5. The molecule has 2 aromatic heterocycles. The predicted molar refractivity (Wildman–Crippen MR) is 121 cm³/mol. The van der Waals surface area contributed by atoms with Crippen molar-refractivity contribution in [2.45, 2.75) is 56.7 Å². The Balaban J connectivity index is 1.54. The van der Waals surface area contributed by atoms with Gasteiger partial charge in [-0.25, -0.2) is 4.98 Å². The molecule has 1 atom stereocenters. The Labute approximate surface area is 179 Å². The SMILES string of the molecule is Cc1cc(SC(C)C(=O)Nc2sc3c(c2C#N)CCCC3)nc2c(C)cccc12. The quantitative estimate of drug-likeness (QED) is 0.542. The lowest BCUT2D eigenvalue weighted by Crippen LogP contribution is -2.22. The standard InChI is InChI=1S/C23H23N3OS2/c1-13-7-6-9-16-14(2)11-20(25-21(13)16)28-15(3)22(27)26-23-18(12-24)17-8-4-5-10-19(17)29-23/h6-7,9,11,15H,4-5,8,10H2,1-3H3,(H,26,27). The summed E-state index contributed by atoms with van der Waals surface area (Å²) >= 11 is 3.02. The zero-order valence-corrected chi connectivity index (χ0v) is 18.5. The summed E-state index contributed by atoms with van der Waals surface area (Å²) in [5, 5.41) is 15.0. The molecule has 1 aromatic carbocycles. The second-order valence-corrected chi connectivity index (χ2v) is 9.99. The summed E-state index contributed by atoms with van der Waals surface area (Å²) in [6.07, 6.45) is 4.22. The van der Waals surface area contributed by atoms with Gasteiger partial charge in [0, 0.05) is 10.3 Å². The summed E-state index contributed by atoms with van der Waals surface area (Å²) in [5.74, 6) is -0.0885. The van der Waals surface area contributed by atoms with Crippen molar-refractivity contribution >= 4 is 44.9 Å². The Morgan fingerprint density at radius 1 is 1.28 bits per heavy atom. The van der Waals surface area contributed by atoms with Crippen LogP contribution in [0.5, 0.6) is 0 Å². The lowest BCUT2D eigenvalue weighted by atomic mass is 9.96. The van der Waals surface area contributed by atoms with Crippen LogP contribution in [0, 0.1) is 25.2 Å². The van der Waals surface area contributed by atoms with Crippen molar-refractivity contribution in [3.8, 4) is 6.07 Å². The van der Waals surface area contributed by atoms with E-state index >= 15 is 0 Å². The van der Waals surface area contributed by atoms with E-state index in [2.05, 4.69) is 37.4 Å². The summed E-state index contributed by atoms with van der Waals surface area (Å²) in [6.45, 7) is 6.02. The van der Waals surface area contributed by atoms with Crippen molar-refractivity contribution < 1.29 is 4.79 Å². The summed E-state index contributed by atoms with van der Waals surface area (Å²) in [5.41, 5.74) is 5.08. The molecule has 148 valence electrons. The number of thioether (sulfide) groups is 1. The number of hydrogen-bond donors (Lipinski definition) is 1. The third kappa shape index (κ3) is 3.90. The average molecular weight is 422 g/mol. The number of carbonyl (C=O) groups is 1. The number of nitrogens with zero attached hydrogens (tertiary/aromatic N) is 2. The zero-order valence-electron chi connectivity index (χ0n) is 16.8. The third-order valence-corrected chi connectivity index (χ3v) is 7.64. The molecule has 4 nitrogen and oxygen atoms in total. The van der Waals surface area contributed by atoms with E-state index in [0.29, 0.717) is 10.6 Å². The fourth-order valence-electron chi connectivity index (χ4n) is 3.81. The van der Waals surface area contributed by atoms with E-state index in [0.717, 1.165) is 58.3 Å². The second kappa shape index (κ2) is 8.17. The molecule has 29 heavy (non-hydrogen) atoms. The molecule has 3 aromatic rings. The minimum absolute atomic E-state index is 0.0885. The highest BCUT2D eigenvalue weighted by molar-refractivity contribution is 8.00. The Kier molecular flexibility index (Phi) is 5.62. The van der Waals surface area contributed by atoms with Crippen LogP contribution in [0.25, 0.3) is 10.9 Å². The minimum atomic E-state index is -0.311. The highest BCUT2D eigenvalue weighted by Gasteiger charge is 2.24. The first-order valence-corrected chi connectivity index (χ1v) is 11.6. The fourth-order valence-corrected chi connectivity index (χ4v) is 5.97. The molecule has 0 radical (unpaired) electrons. The monoisotopic (exact) mass is 421 g/mol. The van der Waals surface area contributed by atoms with Crippen molar-refractivity contribution in [1.82, 2.24) is 4.98 Å². The van der Waals surface area contributed by atoms with Crippen LogP contribution < -0.4 is 5.32 Å². The van der Waals surface area contributed by atoms with Gasteiger partial charge in [0.25, 0.3) is 0 Å². The van der Waals surface area contributed by atoms with Crippen LogP contribution in [0.15, 0.2) is 29.3 Å². The van der Waals surface area contributed by atoms with Gasteiger partial charge in [0.1, 0.15) is 11.1 Å². The highest BCUT2D eigenvalue weighted by Crippen LogP contribution is 2.38. The first-order chi connectivity index (χ1) is 14.0. The molecule has 0 saturated carbocycles. The van der Waals surface area contributed by atoms with Crippen molar-refractivity contribution in [3.63, 3.8) is 0 Å². The molecule has 1 N–H and O–H groups in total. The lowest BCUT2D eigenvalue weighted by Gasteiger charge is -2.13. The first kappa shape index (κ1) is 19.9. The van der Waals surface area contributed by atoms with Crippen LogP contribution in [0.2, 0.25) is 0 Å². The summed E-state index contributed by atoms with van der Waals surface area (Å²) < 4.78 is 0. The molecule has 4 rings (SSSR count). The molecule has 0 aliphatic heterocycles. The molecule has 1 amide bonds. The van der Waals surface area contributed by atoms with E-state index in [1.54, 1.807) is 11.3 Å². The van der Waals surface area contributed by atoms with Gasteiger partial charge in [0.2, 0.25) is 5.91 Å². The number of nitriles is 1. The molecule has 1 unspecified atom stereocenters. The van der Waals surface area contributed by atoms with E-state index in [-0.39, 0.29) is 11.2 Å². The number of para-hydroxylation sites is 1.